The third kappa shape index (κ3) is 3.34. The second-order valence-corrected chi connectivity index (χ2v) is 5.94. The van der Waals surface area contributed by atoms with Crippen LogP contribution in [0.5, 0.6) is 11.5 Å². The van der Waals surface area contributed by atoms with Gasteiger partial charge in [-0.1, -0.05) is 6.07 Å². The lowest BCUT2D eigenvalue weighted by Gasteiger charge is -2.33. The fraction of sp³-hybridized carbons (Fsp3) is 0.562. The Kier molecular flexibility index (Phi) is 4.49. The molecule has 0 aromatic heterocycles. The van der Waals surface area contributed by atoms with E-state index in [1.807, 2.05) is 12.1 Å². The molecule has 1 aromatic rings. The number of nitrogens with two attached hydrogens (primary N) is 1. The van der Waals surface area contributed by atoms with Crippen LogP contribution >= 0.6 is 0 Å². The number of hydrogen-bond acceptors (Lipinski definition) is 5. The van der Waals surface area contributed by atoms with Crippen LogP contribution < -0.4 is 15.2 Å². The van der Waals surface area contributed by atoms with E-state index >= 15 is 0 Å². The Morgan fingerprint density at radius 2 is 1.95 bits per heavy atom. The topological polar surface area (TPSA) is 85.0 Å². The normalized spacial score (nSPS) is 20.6. The molecule has 1 saturated heterocycles. The molecule has 0 bridgehead atoms. The van der Waals surface area contributed by atoms with Crippen LogP contribution in [0.15, 0.2) is 18.2 Å². The summed E-state index contributed by atoms with van der Waals surface area (Å²) in [4.78, 5) is 13.4. The maximum atomic E-state index is 11.0. The zero-order chi connectivity index (χ0) is 15.5. The molecule has 0 radical (unpaired) electrons. The van der Waals surface area contributed by atoms with E-state index in [1.54, 1.807) is 0 Å². The zero-order valence-electron chi connectivity index (χ0n) is 12.5. The molecule has 0 saturated carbocycles. The number of likely N-dealkylation sites (tertiary alicyclic amines) is 1. The predicted molar refractivity (Wildman–Crippen MR) is 80.6 cm³/mol. The van der Waals surface area contributed by atoms with E-state index < -0.39 is 12.0 Å². The molecule has 1 aromatic carbocycles. The summed E-state index contributed by atoms with van der Waals surface area (Å²) in [5.41, 5.74) is 6.34. The molecule has 0 spiro atoms. The monoisotopic (exact) mass is 306 g/mol. The van der Waals surface area contributed by atoms with Gasteiger partial charge >= 0.3 is 0 Å². The minimum absolute atomic E-state index is 0.0194. The fourth-order valence-electron chi connectivity index (χ4n) is 3.10. The van der Waals surface area contributed by atoms with Crippen molar-refractivity contribution in [3.63, 3.8) is 0 Å². The van der Waals surface area contributed by atoms with E-state index in [9.17, 15) is 9.90 Å². The molecule has 2 aliphatic rings. The van der Waals surface area contributed by atoms with Crippen molar-refractivity contribution in [3.05, 3.63) is 23.8 Å². The quantitative estimate of drug-likeness (QED) is 0.847. The largest absolute Gasteiger partial charge is 0.486 e. The molecule has 3 N–H and O–H groups in total. The maximum Gasteiger partial charge on any atom is 0.246 e. The van der Waals surface area contributed by atoms with Gasteiger partial charge in [0.1, 0.15) is 19.3 Å². The van der Waals surface area contributed by atoms with Crippen molar-refractivity contribution in [2.24, 2.45) is 11.7 Å². The second kappa shape index (κ2) is 6.54. The zero-order valence-corrected chi connectivity index (χ0v) is 12.5. The van der Waals surface area contributed by atoms with Crippen molar-refractivity contribution < 1.29 is 19.4 Å². The number of amides is 1. The van der Waals surface area contributed by atoms with Crippen LogP contribution in [-0.2, 0) is 11.3 Å². The van der Waals surface area contributed by atoms with E-state index in [-0.39, 0.29) is 5.92 Å². The van der Waals surface area contributed by atoms with Gasteiger partial charge in [-0.15, -0.1) is 0 Å². The van der Waals surface area contributed by atoms with E-state index in [2.05, 4.69) is 11.0 Å². The van der Waals surface area contributed by atoms with Gasteiger partial charge in [0.05, 0.1) is 0 Å². The smallest absolute Gasteiger partial charge is 0.246 e. The van der Waals surface area contributed by atoms with Gasteiger partial charge in [-0.05, 0) is 49.5 Å². The van der Waals surface area contributed by atoms with Gasteiger partial charge < -0.3 is 20.3 Å². The Labute approximate surface area is 129 Å². The number of primary amides is 1. The summed E-state index contributed by atoms with van der Waals surface area (Å²) >= 11 is 0. The number of rotatable bonds is 4. The number of benzene rings is 1. The SMILES string of the molecule is NC(=O)[C@H](O)C1CCN(Cc2ccc3c(c2)OCCO3)CC1. The van der Waals surface area contributed by atoms with Crippen LogP contribution in [0.3, 0.4) is 0 Å². The standard InChI is InChI=1S/C16H22N2O4/c17-16(20)15(19)12-3-5-18(6-4-12)10-11-1-2-13-14(9-11)22-8-7-21-13/h1-2,9,12,15,19H,3-8,10H2,(H2,17,20)/t15-/m1/s1. The van der Waals surface area contributed by atoms with Gasteiger partial charge in [0.2, 0.25) is 5.91 Å². The summed E-state index contributed by atoms with van der Waals surface area (Å²) < 4.78 is 11.1. The third-order valence-electron chi connectivity index (χ3n) is 4.38. The molecule has 2 aliphatic heterocycles. The third-order valence-corrected chi connectivity index (χ3v) is 4.38. The van der Waals surface area contributed by atoms with Crippen molar-refractivity contribution >= 4 is 5.91 Å². The lowest BCUT2D eigenvalue weighted by atomic mass is 9.90. The molecular formula is C16H22N2O4. The first kappa shape index (κ1) is 15.1. The van der Waals surface area contributed by atoms with Gasteiger partial charge in [0.15, 0.2) is 11.5 Å². The average molecular weight is 306 g/mol. The van der Waals surface area contributed by atoms with Gasteiger partial charge in [-0.25, -0.2) is 0 Å². The molecule has 1 amide bonds. The van der Waals surface area contributed by atoms with Crippen molar-refractivity contribution in [1.29, 1.82) is 0 Å². The molecule has 120 valence electrons. The number of carbonyl (C=O) groups excluding carboxylic acids is 1. The summed E-state index contributed by atoms with van der Waals surface area (Å²) in [6.07, 6.45) is 0.556. The molecule has 0 unspecified atom stereocenters. The summed E-state index contributed by atoms with van der Waals surface area (Å²) in [6.45, 7) is 3.72. The van der Waals surface area contributed by atoms with Crippen LogP contribution in [0, 0.1) is 5.92 Å². The lowest BCUT2D eigenvalue weighted by Crippen LogP contribution is -2.42. The van der Waals surface area contributed by atoms with Gasteiger partial charge in [0, 0.05) is 6.54 Å². The molecular weight excluding hydrogens is 284 g/mol. The highest BCUT2D eigenvalue weighted by atomic mass is 16.6. The predicted octanol–water partition coefficient (Wildman–Crippen LogP) is 0.516. The Balaban J connectivity index is 1.55. The molecule has 2 heterocycles. The number of aliphatic hydroxyl groups is 1. The van der Waals surface area contributed by atoms with Crippen molar-refractivity contribution in [3.8, 4) is 11.5 Å². The van der Waals surface area contributed by atoms with Gasteiger partial charge in [-0.2, -0.15) is 0 Å². The van der Waals surface area contributed by atoms with E-state index in [0.29, 0.717) is 13.2 Å². The van der Waals surface area contributed by atoms with Crippen molar-refractivity contribution in [1.82, 2.24) is 4.90 Å². The van der Waals surface area contributed by atoms with Crippen LogP contribution in [0.4, 0.5) is 0 Å². The molecule has 1 atom stereocenters. The number of aliphatic hydroxyl groups excluding tert-OH is 1. The molecule has 6 heteroatoms. The highest BCUT2D eigenvalue weighted by Crippen LogP contribution is 2.31. The average Bonchev–Trinajstić information content (AvgIpc) is 2.55. The van der Waals surface area contributed by atoms with Gasteiger partial charge in [0.25, 0.3) is 0 Å². The summed E-state index contributed by atoms with van der Waals surface area (Å²) in [6, 6.07) is 6.03. The van der Waals surface area contributed by atoms with Crippen LogP contribution in [0.2, 0.25) is 0 Å². The summed E-state index contributed by atoms with van der Waals surface area (Å²) in [7, 11) is 0. The number of piperidine rings is 1. The fourth-order valence-corrected chi connectivity index (χ4v) is 3.10. The van der Waals surface area contributed by atoms with Gasteiger partial charge in [-0.3, -0.25) is 9.69 Å². The van der Waals surface area contributed by atoms with Crippen LogP contribution in [-0.4, -0.2) is 48.3 Å². The summed E-state index contributed by atoms with van der Waals surface area (Å²) in [5.74, 6) is 0.973. The van der Waals surface area contributed by atoms with E-state index in [1.165, 1.54) is 5.56 Å². The van der Waals surface area contributed by atoms with E-state index in [0.717, 1.165) is 44.0 Å². The Bertz CT molecular complexity index is 541. The van der Waals surface area contributed by atoms with Crippen LogP contribution in [0.25, 0.3) is 0 Å². The van der Waals surface area contributed by atoms with Crippen molar-refractivity contribution in [2.45, 2.75) is 25.5 Å². The molecule has 1 fully saturated rings. The number of carbonyl (C=O) groups is 1. The summed E-state index contributed by atoms with van der Waals surface area (Å²) in [5, 5.41) is 9.74. The van der Waals surface area contributed by atoms with E-state index in [4.69, 9.17) is 15.2 Å². The lowest BCUT2D eigenvalue weighted by molar-refractivity contribution is -0.129. The molecule has 0 aliphatic carbocycles. The Morgan fingerprint density at radius 3 is 2.64 bits per heavy atom. The van der Waals surface area contributed by atoms with Crippen molar-refractivity contribution in [2.75, 3.05) is 26.3 Å². The number of fused-ring (bicyclic) bond motifs is 1. The molecule has 22 heavy (non-hydrogen) atoms. The number of ether oxygens (including phenoxy) is 2. The first-order chi connectivity index (χ1) is 10.6. The minimum Gasteiger partial charge on any atom is -0.486 e. The highest BCUT2D eigenvalue weighted by Gasteiger charge is 2.28. The Hall–Kier alpha value is -1.79. The maximum absolute atomic E-state index is 11.0. The molecule has 6 nitrogen and oxygen atoms in total. The molecule has 3 rings (SSSR count). The first-order valence-corrected chi connectivity index (χ1v) is 7.72. The second-order valence-electron chi connectivity index (χ2n) is 5.94. The first-order valence-electron chi connectivity index (χ1n) is 7.72. The number of nitrogens with zero attached hydrogens (tertiary/aromatic N) is 1. The highest BCUT2D eigenvalue weighted by molar-refractivity contribution is 5.78. The minimum atomic E-state index is -1.02. The van der Waals surface area contributed by atoms with Crippen LogP contribution in [0.1, 0.15) is 18.4 Å². The Morgan fingerprint density at radius 1 is 1.27 bits per heavy atom. The number of hydrogen-bond donors (Lipinski definition) is 2.